The van der Waals surface area contributed by atoms with E-state index >= 15 is 0 Å². The van der Waals surface area contributed by atoms with Crippen molar-refractivity contribution in [2.24, 2.45) is 5.41 Å². The van der Waals surface area contributed by atoms with Crippen LogP contribution in [-0.2, 0) is 22.6 Å². The van der Waals surface area contributed by atoms with Crippen molar-refractivity contribution >= 4 is 5.97 Å². The molecule has 3 aromatic rings. The van der Waals surface area contributed by atoms with E-state index in [1.165, 1.54) is 0 Å². The van der Waals surface area contributed by atoms with Gasteiger partial charge in [0.1, 0.15) is 6.10 Å². The van der Waals surface area contributed by atoms with Crippen LogP contribution in [0.3, 0.4) is 0 Å². The van der Waals surface area contributed by atoms with Gasteiger partial charge in [-0.3, -0.25) is 4.79 Å². The number of hydrogen-bond acceptors (Lipinski definition) is 4. The van der Waals surface area contributed by atoms with E-state index in [0.717, 1.165) is 5.56 Å². The third-order valence-electron chi connectivity index (χ3n) is 5.66. The summed E-state index contributed by atoms with van der Waals surface area (Å²) in [5.41, 5.74) is 0.509. The highest BCUT2D eigenvalue weighted by atomic mass is 19.3. The second-order valence-electron chi connectivity index (χ2n) is 7.96. The average molecular weight is 424 g/mol. The Kier molecular flexibility index (Phi) is 5.78. The standard InChI is InChI=1S/C24H22F2N2O3/c25-24(26)16-23(22(29)30,14-20(24)31-15-17-6-2-1-3-7-17)13-18-8-4-9-19(12-18)21-27-10-5-11-28-21/h1-12,20H,13-16H2,(H,29,30)/t20-,23+/m0/s1. The molecule has 0 spiro atoms. The van der Waals surface area contributed by atoms with E-state index in [4.69, 9.17) is 4.74 Å². The Bertz CT molecular complexity index is 1050. The minimum atomic E-state index is -3.23. The molecule has 2 atom stereocenters. The van der Waals surface area contributed by atoms with Crippen LogP contribution in [0.2, 0.25) is 0 Å². The molecule has 0 radical (unpaired) electrons. The minimum absolute atomic E-state index is 0.0115. The zero-order valence-electron chi connectivity index (χ0n) is 16.7. The number of halogens is 2. The Labute approximate surface area is 178 Å². The molecule has 1 N–H and O–H groups in total. The van der Waals surface area contributed by atoms with Crippen molar-refractivity contribution in [3.05, 3.63) is 84.2 Å². The number of nitrogens with zero attached hydrogens (tertiary/aromatic N) is 2. The lowest BCUT2D eigenvalue weighted by molar-refractivity contribution is -0.150. The summed E-state index contributed by atoms with van der Waals surface area (Å²) in [4.78, 5) is 20.6. The number of carboxylic acids is 1. The van der Waals surface area contributed by atoms with Crippen molar-refractivity contribution in [1.29, 1.82) is 0 Å². The first-order valence-corrected chi connectivity index (χ1v) is 10.0. The molecule has 7 heteroatoms. The van der Waals surface area contributed by atoms with Crippen molar-refractivity contribution < 1.29 is 23.4 Å². The van der Waals surface area contributed by atoms with Crippen LogP contribution in [0.25, 0.3) is 11.4 Å². The highest BCUT2D eigenvalue weighted by Crippen LogP contribution is 2.51. The maximum Gasteiger partial charge on any atom is 0.310 e. The quantitative estimate of drug-likeness (QED) is 0.591. The first-order chi connectivity index (χ1) is 14.9. The molecule has 1 saturated carbocycles. The molecule has 31 heavy (non-hydrogen) atoms. The fourth-order valence-electron chi connectivity index (χ4n) is 4.13. The normalized spacial score (nSPS) is 22.3. The molecule has 1 fully saturated rings. The molecule has 2 aromatic carbocycles. The molecule has 5 nitrogen and oxygen atoms in total. The van der Waals surface area contributed by atoms with Crippen LogP contribution in [0, 0.1) is 5.41 Å². The third-order valence-corrected chi connectivity index (χ3v) is 5.66. The Morgan fingerprint density at radius 2 is 1.74 bits per heavy atom. The van der Waals surface area contributed by atoms with Crippen LogP contribution >= 0.6 is 0 Å². The average Bonchev–Trinajstić information content (AvgIpc) is 3.04. The number of carboxylic acid groups (broad SMARTS) is 1. The number of benzene rings is 2. The minimum Gasteiger partial charge on any atom is -0.481 e. The molecule has 0 aliphatic heterocycles. The first-order valence-electron chi connectivity index (χ1n) is 10.0. The highest BCUT2D eigenvalue weighted by molar-refractivity contribution is 5.76. The van der Waals surface area contributed by atoms with Gasteiger partial charge in [0.2, 0.25) is 0 Å². The molecule has 1 aliphatic rings. The van der Waals surface area contributed by atoms with Crippen LogP contribution in [0.15, 0.2) is 73.1 Å². The fraction of sp³-hybridized carbons (Fsp3) is 0.292. The lowest BCUT2D eigenvalue weighted by Crippen LogP contribution is -2.32. The Hall–Kier alpha value is -3.19. The smallest absolute Gasteiger partial charge is 0.310 e. The number of alkyl halides is 2. The Morgan fingerprint density at radius 3 is 2.45 bits per heavy atom. The number of hydrogen-bond donors (Lipinski definition) is 1. The lowest BCUT2D eigenvalue weighted by atomic mass is 9.79. The summed E-state index contributed by atoms with van der Waals surface area (Å²) >= 11 is 0. The van der Waals surface area contributed by atoms with Crippen molar-refractivity contribution in [2.45, 2.75) is 37.9 Å². The predicted molar refractivity (Wildman–Crippen MR) is 110 cm³/mol. The zero-order valence-corrected chi connectivity index (χ0v) is 16.7. The maximum absolute atomic E-state index is 14.8. The third kappa shape index (κ3) is 4.61. The lowest BCUT2D eigenvalue weighted by Gasteiger charge is -2.24. The van der Waals surface area contributed by atoms with Gasteiger partial charge in [0, 0.05) is 24.4 Å². The number of rotatable bonds is 7. The maximum atomic E-state index is 14.8. The van der Waals surface area contributed by atoms with Gasteiger partial charge in [0.25, 0.3) is 5.92 Å². The van der Waals surface area contributed by atoms with E-state index in [0.29, 0.717) is 17.0 Å². The van der Waals surface area contributed by atoms with Gasteiger partial charge in [-0.2, -0.15) is 0 Å². The van der Waals surface area contributed by atoms with E-state index < -0.39 is 29.8 Å². The summed E-state index contributed by atoms with van der Waals surface area (Å²) in [5, 5.41) is 9.93. The summed E-state index contributed by atoms with van der Waals surface area (Å²) in [6, 6.07) is 17.8. The number of aromatic nitrogens is 2. The second-order valence-corrected chi connectivity index (χ2v) is 7.96. The van der Waals surface area contributed by atoms with Gasteiger partial charge in [-0.25, -0.2) is 18.7 Å². The summed E-state index contributed by atoms with van der Waals surface area (Å²) in [6.07, 6.45) is 0.725. The molecular weight excluding hydrogens is 402 g/mol. The molecule has 1 heterocycles. The Morgan fingerprint density at radius 1 is 1.03 bits per heavy atom. The summed E-state index contributed by atoms with van der Waals surface area (Å²) < 4.78 is 35.1. The van der Waals surface area contributed by atoms with E-state index in [-0.39, 0.29) is 19.4 Å². The van der Waals surface area contributed by atoms with E-state index in [9.17, 15) is 18.7 Å². The van der Waals surface area contributed by atoms with Crippen molar-refractivity contribution in [3.8, 4) is 11.4 Å². The number of carbonyl (C=O) groups is 1. The van der Waals surface area contributed by atoms with Crippen molar-refractivity contribution in [1.82, 2.24) is 9.97 Å². The topological polar surface area (TPSA) is 72.3 Å². The SMILES string of the molecule is O=C(O)[C@]1(Cc2cccc(-c3ncccn3)c2)C[C@H](OCc2ccccc2)C(F)(F)C1. The second kappa shape index (κ2) is 8.51. The van der Waals surface area contributed by atoms with E-state index in [1.807, 2.05) is 6.07 Å². The molecule has 0 amide bonds. The highest BCUT2D eigenvalue weighted by Gasteiger charge is 2.60. The number of ether oxygens (including phenoxy) is 1. The largest absolute Gasteiger partial charge is 0.481 e. The molecule has 160 valence electrons. The van der Waals surface area contributed by atoms with E-state index in [2.05, 4.69) is 9.97 Å². The van der Waals surface area contributed by atoms with Crippen molar-refractivity contribution in [2.75, 3.05) is 0 Å². The fourth-order valence-corrected chi connectivity index (χ4v) is 4.13. The zero-order chi connectivity index (χ0) is 21.9. The van der Waals surface area contributed by atoms with Gasteiger partial charge in [-0.1, -0.05) is 48.5 Å². The van der Waals surface area contributed by atoms with Crippen LogP contribution in [0.5, 0.6) is 0 Å². The molecular formula is C24H22F2N2O3. The molecule has 0 unspecified atom stereocenters. The predicted octanol–water partition coefficient (Wildman–Crippen LogP) is 4.77. The van der Waals surface area contributed by atoms with Gasteiger partial charge in [-0.15, -0.1) is 0 Å². The van der Waals surface area contributed by atoms with Crippen LogP contribution in [0.1, 0.15) is 24.0 Å². The monoisotopic (exact) mass is 424 g/mol. The van der Waals surface area contributed by atoms with Gasteiger partial charge in [0.15, 0.2) is 5.82 Å². The molecule has 4 rings (SSSR count). The molecule has 0 bridgehead atoms. The van der Waals surface area contributed by atoms with Gasteiger partial charge in [-0.05, 0) is 36.1 Å². The summed E-state index contributed by atoms with van der Waals surface area (Å²) in [5.74, 6) is -3.97. The molecule has 0 saturated heterocycles. The molecule has 1 aliphatic carbocycles. The van der Waals surface area contributed by atoms with Gasteiger partial charge >= 0.3 is 5.97 Å². The van der Waals surface area contributed by atoms with Crippen LogP contribution < -0.4 is 0 Å². The van der Waals surface area contributed by atoms with Gasteiger partial charge < -0.3 is 9.84 Å². The Balaban J connectivity index is 1.55. The molecule has 1 aromatic heterocycles. The van der Waals surface area contributed by atoms with Crippen LogP contribution in [-0.4, -0.2) is 33.1 Å². The first kappa shape index (κ1) is 21.1. The van der Waals surface area contributed by atoms with E-state index in [1.54, 1.807) is 67.0 Å². The van der Waals surface area contributed by atoms with Crippen LogP contribution in [0.4, 0.5) is 8.78 Å². The van der Waals surface area contributed by atoms with Crippen molar-refractivity contribution in [3.63, 3.8) is 0 Å². The number of aliphatic carboxylic acids is 1. The summed E-state index contributed by atoms with van der Waals surface area (Å²) in [6.45, 7) is 0.0115. The summed E-state index contributed by atoms with van der Waals surface area (Å²) in [7, 11) is 0. The van der Waals surface area contributed by atoms with Gasteiger partial charge in [0.05, 0.1) is 12.0 Å².